The van der Waals surface area contributed by atoms with Gasteiger partial charge in [-0.2, -0.15) is 9.28 Å². The van der Waals surface area contributed by atoms with Gasteiger partial charge in [-0.05, 0) is 23.8 Å². The number of quaternary nitrogens is 1. The molecule has 0 aliphatic heterocycles. The number of carboxylic acid groups (broad SMARTS) is 1. The van der Waals surface area contributed by atoms with Crippen LogP contribution in [0, 0.1) is 0 Å². The summed E-state index contributed by atoms with van der Waals surface area (Å²) in [5, 5.41) is 9.52. The average Bonchev–Trinajstić information content (AvgIpc) is 2.49. The third-order valence-corrected chi connectivity index (χ3v) is 3.33. The van der Waals surface area contributed by atoms with E-state index in [1.54, 1.807) is 7.05 Å². The highest BCUT2D eigenvalue weighted by atomic mass is 16.4. The van der Waals surface area contributed by atoms with Crippen LogP contribution in [0.1, 0.15) is 5.56 Å². The van der Waals surface area contributed by atoms with Crippen LogP contribution in [0.2, 0.25) is 0 Å². The summed E-state index contributed by atoms with van der Waals surface area (Å²) in [7, 11) is 1.70. The van der Waals surface area contributed by atoms with E-state index in [4.69, 9.17) is 0 Å². The van der Waals surface area contributed by atoms with Crippen LogP contribution in [0.25, 0.3) is 6.08 Å². The fourth-order valence-corrected chi connectivity index (χ4v) is 2.01. The molecule has 0 aromatic heterocycles. The number of rotatable bonds is 4. The molecule has 0 spiro atoms. The van der Waals surface area contributed by atoms with Gasteiger partial charge in [0.1, 0.15) is 12.2 Å². The zero-order chi connectivity index (χ0) is 14.4. The Bertz CT molecular complexity index is 593. The Hall–Kier alpha value is -2.39. The summed E-state index contributed by atoms with van der Waals surface area (Å²) in [5.74, 6) is 0. The van der Waals surface area contributed by atoms with Gasteiger partial charge in [0.05, 0.1) is 7.05 Å². The fourth-order valence-electron chi connectivity index (χ4n) is 2.01. The van der Waals surface area contributed by atoms with E-state index in [0.717, 1.165) is 11.3 Å². The number of hydrogen-bond donors (Lipinski definition) is 1. The van der Waals surface area contributed by atoms with Crippen molar-refractivity contribution in [3.63, 3.8) is 0 Å². The molecule has 0 fully saturated rings. The van der Waals surface area contributed by atoms with Crippen molar-refractivity contribution in [1.82, 2.24) is 4.48 Å². The van der Waals surface area contributed by atoms with E-state index in [2.05, 4.69) is 0 Å². The van der Waals surface area contributed by atoms with Gasteiger partial charge < -0.3 is 5.11 Å². The molecule has 1 unspecified atom stereocenters. The van der Waals surface area contributed by atoms with E-state index in [9.17, 15) is 9.90 Å². The van der Waals surface area contributed by atoms with Gasteiger partial charge in [-0.15, -0.1) is 0 Å². The van der Waals surface area contributed by atoms with E-state index in [-0.39, 0.29) is 4.48 Å². The lowest BCUT2D eigenvalue weighted by Crippen LogP contribution is -2.49. The van der Waals surface area contributed by atoms with Crippen molar-refractivity contribution in [2.75, 3.05) is 13.6 Å². The third-order valence-electron chi connectivity index (χ3n) is 3.33. The summed E-state index contributed by atoms with van der Waals surface area (Å²) in [6.07, 6.45) is 2.98. The Kier molecular flexibility index (Phi) is 4.33. The van der Waals surface area contributed by atoms with E-state index in [0.29, 0.717) is 6.54 Å². The van der Waals surface area contributed by atoms with E-state index >= 15 is 0 Å². The standard InChI is InChI=1S/C17H17NO2/c1-18(17(19)20,16-12-6-3-7-13-16)14-8-11-15-9-4-2-5-10-15/h2-13H,14H2,1H3/p+1. The minimum absolute atomic E-state index is 0.163. The molecule has 3 nitrogen and oxygen atoms in total. The van der Waals surface area contributed by atoms with Crippen molar-refractivity contribution >= 4 is 17.9 Å². The summed E-state index contributed by atoms with van der Waals surface area (Å²) in [6, 6.07) is 19.1. The zero-order valence-corrected chi connectivity index (χ0v) is 11.4. The molecule has 102 valence electrons. The molecule has 20 heavy (non-hydrogen) atoms. The third kappa shape index (κ3) is 3.13. The monoisotopic (exact) mass is 268 g/mol. The highest BCUT2D eigenvalue weighted by Gasteiger charge is 2.32. The van der Waals surface area contributed by atoms with Gasteiger partial charge in [0.25, 0.3) is 0 Å². The van der Waals surface area contributed by atoms with Crippen LogP contribution >= 0.6 is 0 Å². The van der Waals surface area contributed by atoms with Crippen LogP contribution in [0.5, 0.6) is 0 Å². The second kappa shape index (κ2) is 6.17. The lowest BCUT2D eigenvalue weighted by Gasteiger charge is -2.26. The first kappa shape index (κ1) is 14.0. The topological polar surface area (TPSA) is 37.3 Å². The Balaban J connectivity index is 2.19. The van der Waals surface area contributed by atoms with Crippen LogP contribution < -0.4 is 4.48 Å². The van der Waals surface area contributed by atoms with Crippen LogP contribution in [-0.4, -0.2) is 24.8 Å². The second-order valence-corrected chi connectivity index (χ2v) is 4.81. The van der Waals surface area contributed by atoms with Crippen LogP contribution in [0.3, 0.4) is 0 Å². The maximum Gasteiger partial charge on any atom is 0.518 e. The molecule has 0 aliphatic carbocycles. The van der Waals surface area contributed by atoms with Crippen LogP contribution in [0.15, 0.2) is 66.7 Å². The predicted molar refractivity (Wildman–Crippen MR) is 82.5 cm³/mol. The maximum absolute atomic E-state index is 11.6. The zero-order valence-electron chi connectivity index (χ0n) is 11.4. The van der Waals surface area contributed by atoms with Gasteiger partial charge >= 0.3 is 6.09 Å². The van der Waals surface area contributed by atoms with Crippen molar-refractivity contribution in [2.24, 2.45) is 0 Å². The molecule has 2 aromatic carbocycles. The van der Waals surface area contributed by atoms with Gasteiger partial charge in [0, 0.05) is 0 Å². The van der Waals surface area contributed by atoms with Crippen molar-refractivity contribution in [2.45, 2.75) is 0 Å². The largest absolute Gasteiger partial charge is 0.518 e. The van der Waals surface area contributed by atoms with E-state index < -0.39 is 6.09 Å². The normalized spacial score (nSPS) is 14.1. The lowest BCUT2D eigenvalue weighted by atomic mass is 10.2. The van der Waals surface area contributed by atoms with Crippen molar-refractivity contribution in [3.8, 4) is 0 Å². The maximum atomic E-state index is 11.6. The van der Waals surface area contributed by atoms with Crippen LogP contribution in [0.4, 0.5) is 10.5 Å². The predicted octanol–water partition coefficient (Wildman–Crippen LogP) is 4.02. The Morgan fingerprint density at radius 2 is 1.60 bits per heavy atom. The molecule has 1 atom stereocenters. The molecule has 0 saturated carbocycles. The van der Waals surface area contributed by atoms with Gasteiger partial charge in [0.15, 0.2) is 0 Å². The number of hydrogen-bond acceptors (Lipinski definition) is 1. The molecule has 1 N–H and O–H groups in total. The summed E-state index contributed by atoms with van der Waals surface area (Å²) in [5.41, 5.74) is 1.83. The van der Waals surface area contributed by atoms with E-state index in [1.165, 1.54) is 0 Å². The first-order valence-corrected chi connectivity index (χ1v) is 6.49. The Morgan fingerprint density at radius 1 is 1.05 bits per heavy atom. The number of benzene rings is 2. The van der Waals surface area contributed by atoms with E-state index in [1.807, 2.05) is 72.8 Å². The molecule has 3 heteroatoms. The SMILES string of the molecule is C[N+](CC=Cc1ccccc1)(C(=O)O)c1ccccc1. The Labute approximate surface area is 119 Å². The number of para-hydroxylation sites is 1. The number of likely N-dealkylation sites (N-methyl/N-ethyl adjacent to an activating group) is 1. The molecule has 0 saturated heterocycles. The minimum Gasteiger partial charge on any atom is -0.435 e. The molecule has 0 heterocycles. The van der Waals surface area contributed by atoms with Crippen molar-refractivity contribution in [1.29, 1.82) is 0 Å². The van der Waals surface area contributed by atoms with Crippen molar-refractivity contribution in [3.05, 3.63) is 72.3 Å². The number of nitrogens with zero attached hydrogens (tertiary/aromatic N) is 1. The first-order chi connectivity index (χ1) is 9.63. The van der Waals surface area contributed by atoms with Gasteiger partial charge in [-0.25, -0.2) is 0 Å². The first-order valence-electron chi connectivity index (χ1n) is 6.49. The van der Waals surface area contributed by atoms with Crippen molar-refractivity contribution < 1.29 is 9.90 Å². The lowest BCUT2D eigenvalue weighted by molar-refractivity contribution is 0.161. The second-order valence-electron chi connectivity index (χ2n) is 4.81. The molecule has 2 rings (SSSR count). The molecule has 0 aliphatic rings. The smallest absolute Gasteiger partial charge is 0.435 e. The quantitative estimate of drug-likeness (QED) is 0.850. The number of amides is 1. The summed E-state index contributed by atoms with van der Waals surface area (Å²) in [6.45, 7) is 0.397. The molecular weight excluding hydrogens is 250 g/mol. The van der Waals surface area contributed by atoms with Gasteiger partial charge in [-0.1, -0.05) is 54.6 Å². The summed E-state index contributed by atoms with van der Waals surface area (Å²) < 4.78 is -0.163. The molecule has 2 aromatic rings. The van der Waals surface area contributed by atoms with Gasteiger partial charge in [0.2, 0.25) is 0 Å². The van der Waals surface area contributed by atoms with Gasteiger partial charge in [-0.3, -0.25) is 0 Å². The minimum atomic E-state index is -0.867. The summed E-state index contributed by atoms with van der Waals surface area (Å²) in [4.78, 5) is 11.6. The Morgan fingerprint density at radius 3 is 2.15 bits per heavy atom. The van der Waals surface area contributed by atoms with Crippen LogP contribution in [-0.2, 0) is 0 Å². The highest BCUT2D eigenvalue weighted by molar-refractivity contribution is 5.80. The fraction of sp³-hybridized carbons (Fsp3) is 0.118. The molecular formula is C17H18NO2+. The summed E-state index contributed by atoms with van der Waals surface area (Å²) >= 11 is 0. The molecule has 1 amide bonds. The average molecular weight is 268 g/mol. The molecule has 0 bridgehead atoms. The molecule has 0 radical (unpaired) electrons. The highest BCUT2D eigenvalue weighted by Crippen LogP contribution is 2.21. The number of carbonyl (C=O) groups is 1.